The summed E-state index contributed by atoms with van der Waals surface area (Å²) in [5.41, 5.74) is 2.49. The molecule has 0 aromatic heterocycles. The van der Waals surface area contributed by atoms with Crippen LogP contribution in [0.3, 0.4) is 0 Å². The third-order valence-corrected chi connectivity index (χ3v) is 3.70. The maximum Gasteiger partial charge on any atom is 0.0793 e. The molecule has 2 rings (SSSR count). The highest BCUT2D eigenvalue weighted by atomic mass is 31.1. The summed E-state index contributed by atoms with van der Waals surface area (Å²) >= 11 is 0. The maximum atomic E-state index is 2.26. The molecule has 0 aliphatic carbocycles. The van der Waals surface area contributed by atoms with Gasteiger partial charge in [-0.15, -0.1) is 0 Å². The van der Waals surface area contributed by atoms with Crippen molar-refractivity contribution >= 4 is 20.3 Å². The first-order valence-electron chi connectivity index (χ1n) is 5.61. The van der Waals surface area contributed by atoms with Gasteiger partial charge in [-0.25, -0.2) is 0 Å². The van der Waals surface area contributed by atoms with Crippen LogP contribution in [0.5, 0.6) is 0 Å². The van der Waals surface area contributed by atoms with E-state index in [0.717, 1.165) is 0 Å². The van der Waals surface area contributed by atoms with Gasteiger partial charge in [0.2, 0.25) is 0 Å². The van der Waals surface area contributed by atoms with Gasteiger partial charge in [0.05, 0.1) is 8.88 Å². The van der Waals surface area contributed by atoms with E-state index in [1.165, 1.54) is 11.4 Å². The van der Waals surface area contributed by atoms with Crippen LogP contribution >= 0.6 is 8.88 Å². The second-order valence-electron chi connectivity index (χ2n) is 3.89. The van der Waals surface area contributed by atoms with Crippen LogP contribution in [0.15, 0.2) is 60.7 Å². The van der Waals surface area contributed by atoms with E-state index in [-0.39, 0.29) is 0 Å². The molecular weight excluding hydrogens is 227 g/mol. The molecule has 17 heavy (non-hydrogen) atoms. The Labute approximate surface area is 105 Å². The summed E-state index contributed by atoms with van der Waals surface area (Å²) in [5.74, 6) is 0. The molecular formula is C14H17N2P. The first-order valence-corrected chi connectivity index (χ1v) is 6.50. The van der Waals surface area contributed by atoms with Gasteiger partial charge in [0.1, 0.15) is 0 Å². The lowest BCUT2D eigenvalue weighted by atomic mass is 10.3. The Hall–Kier alpha value is -1.53. The summed E-state index contributed by atoms with van der Waals surface area (Å²) in [7, 11) is 4.84. The summed E-state index contributed by atoms with van der Waals surface area (Å²) < 4.78 is 4.51. The Bertz CT molecular complexity index is 401. The highest BCUT2D eigenvalue weighted by Gasteiger charge is 2.04. The van der Waals surface area contributed by atoms with Gasteiger partial charge < -0.3 is 9.34 Å². The fourth-order valence-corrected chi connectivity index (χ4v) is 2.62. The van der Waals surface area contributed by atoms with Crippen LogP contribution in [0.1, 0.15) is 0 Å². The average Bonchev–Trinajstić information content (AvgIpc) is 2.40. The lowest BCUT2D eigenvalue weighted by Gasteiger charge is -2.27. The third kappa shape index (κ3) is 3.21. The summed E-state index contributed by atoms with van der Waals surface area (Å²) in [6, 6.07) is 20.9. The van der Waals surface area contributed by atoms with E-state index < -0.39 is 0 Å². The molecule has 0 unspecified atom stereocenters. The number of rotatable bonds is 4. The fraction of sp³-hybridized carbons (Fsp3) is 0.143. The zero-order valence-electron chi connectivity index (χ0n) is 10.2. The largest absolute Gasteiger partial charge is 0.339 e. The molecule has 0 bridgehead atoms. The molecule has 0 spiro atoms. The summed E-state index contributed by atoms with van der Waals surface area (Å²) in [4.78, 5) is 0. The SMILES string of the molecule is CN(PN(C)c1ccccc1)c1ccccc1. The van der Waals surface area contributed by atoms with Gasteiger partial charge in [-0.05, 0) is 24.3 Å². The molecule has 0 aliphatic heterocycles. The minimum absolute atomic E-state index is 0.601. The van der Waals surface area contributed by atoms with Crippen LogP contribution in [0.25, 0.3) is 0 Å². The minimum Gasteiger partial charge on any atom is -0.339 e. The molecule has 2 aromatic rings. The Balaban J connectivity index is 2.02. The first-order chi connectivity index (χ1) is 8.27. The van der Waals surface area contributed by atoms with Crippen molar-refractivity contribution in [1.82, 2.24) is 0 Å². The topological polar surface area (TPSA) is 6.48 Å². The Morgan fingerprint density at radius 2 is 1.00 bits per heavy atom. The number of para-hydroxylation sites is 2. The first kappa shape index (κ1) is 11.9. The van der Waals surface area contributed by atoms with Crippen molar-refractivity contribution in [3.05, 3.63) is 60.7 Å². The molecule has 2 nitrogen and oxygen atoms in total. The maximum absolute atomic E-state index is 2.26. The molecule has 0 heterocycles. The van der Waals surface area contributed by atoms with Gasteiger partial charge in [0.15, 0.2) is 0 Å². The van der Waals surface area contributed by atoms with E-state index in [9.17, 15) is 0 Å². The Kier molecular flexibility index (Phi) is 4.00. The molecule has 0 aliphatic rings. The van der Waals surface area contributed by atoms with Gasteiger partial charge in [-0.1, -0.05) is 36.4 Å². The zero-order valence-corrected chi connectivity index (χ0v) is 11.2. The summed E-state index contributed by atoms with van der Waals surface area (Å²) in [6.07, 6.45) is 0. The highest BCUT2D eigenvalue weighted by Crippen LogP contribution is 2.31. The van der Waals surface area contributed by atoms with E-state index in [1.54, 1.807) is 0 Å². The normalized spacial score (nSPS) is 10.0. The Morgan fingerprint density at radius 1 is 0.647 bits per heavy atom. The van der Waals surface area contributed by atoms with Crippen molar-refractivity contribution in [2.24, 2.45) is 0 Å². The molecule has 0 radical (unpaired) electrons. The monoisotopic (exact) mass is 244 g/mol. The van der Waals surface area contributed by atoms with Crippen molar-refractivity contribution in [3.8, 4) is 0 Å². The molecule has 2 aromatic carbocycles. The molecule has 0 amide bonds. The van der Waals surface area contributed by atoms with Crippen LogP contribution in [0, 0.1) is 0 Å². The average molecular weight is 244 g/mol. The predicted octanol–water partition coefficient (Wildman–Crippen LogP) is 3.77. The zero-order chi connectivity index (χ0) is 12.1. The number of anilines is 2. The predicted molar refractivity (Wildman–Crippen MR) is 78.0 cm³/mol. The smallest absolute Gasteiger partial charge is 0.0793 e. The van der Waals surface area contributed by atoms with Crippen LogP contribution < -0.4 is 9.34 Å². The lowest BCUT2D eigenvalue weighted by molar-refractivity contribution is 1.28. The van der Waals surface area contributed by atoms with Crippen molar-refractivity contribution in [1.29, 1.82) is 0 Å². The number of hydrogen-bond acceptors (Lipinski definition) is 2. The van der Waals surface area contributed by atoms with E-state index in [0.29, 0.717) is 8.88 Å². The van der Waals surface area contributed by atoms with Crippen LogP contribution in [-0.4, -0.2) is 14.1 Å². The van der Waals surface area contributed by atoms with Gasteiger partial charge in [-0.3, -0.25) is 0 Å². The van der Waals surface area contributed by atoms with Crippen molar-refractivity contribution in [3.63, 3.8) is 0 Å². The van der Waals surface area contributed by atoms with E-state index >= 15 is 0 Å². The molecule has 0 atom stereocenters. The molecule has 0 fully saturated rings. The van der Waals surface area contributed by atoms with Crippen molar-refractivity contribution in [2.45, 2.75) is 0 Å². The van der Waals surface area contributed by atoms with Crippen molar-refractivity contribution < 1.29 is 0 Å². The minimum atomic E-state index is 0.601. The quantitative estimate of drug-likeness (QED) is 0.755. The Morgan fingerprint density at radius 3 is 1.35 bits per heavy atom. The fourth-order valence-electron chi connectivity index (χ4n) is 1.64. The molecule has 0 saturated carbocycles. The van der Waals surface area contributed by atoms with Gasteiger partial charge >= 0.3 is 0 Å². The van der Waals surface area contributed by atoms with E-state index in [4.69, 9.17) is 0 Å². The molecule has 0 N–H and O–H groups in total. The third-order valence-electron chi connectivity index (χ3n) is 2.59. The van der Waals surface area contributed by atoms with Crippen LogP contribution in [0.4, 0.5) is 11.4 Å². The second kappa shape index (κ2) is 5.70. The standard InChI is InChI=1S/C14H17N2P/c1-15(13-9-5-3-6-10-13)17-16(2)14-11-7-4-8-12-14/h3-12,17H,1-2H3. The van der Waals surface area contributed by atoms with E-state index in [2.05, 4.69) is 72.0 Å². The highest BCUT2D eigenvalue weighted by molar-refractivity contribution is 7.42. The van der Waals surface area contributed by atoms with Crippen LogP contribution in [0.2, 0.25) is 0 Å². The number of hydrogen-bond donors (Lipinski definition) is 0. The van der Waals surface area contributed by atoms with Gasteiger partial charge in [0.25, 0.3) is 0 Å². The molecule has 88 valence electrons. The number of nitrogens with zero attached hydrogens (tertiary/aromatic N) is 2. The van der Waals surface area contributed by atoms with Gasteiger partial charge in [-0.2, -0.15) is 0 Å². The molecule has 0 saturated heterocycles. The van der Waals surface area contributed by atoms with Crippen LogP contribution in [-0.2, 0) is 0 Å². The van der Waals surface area contributed by atoms with Gasteiger partial charge in [0, 0.05) is 25.5 Å². The summed E-state index contributed by atoms with van der Waals surface area (Å²) in [5, 5.41) is 0. The van der Waals surface area contributed by atoms with Crippen molar-refractivity contribution in [2.75, 3.05) is 23.4 Å². The number of benzene rings is 2. The molecule has 3 heteroatoms. The summed E-state index contributed by atoms with van der Waals surface area (Å²) in [6.45, 7) is 0. The lowest BCUT2D eigenvalue weighted by Crippen LogP contribution is -2.15. The second-order valence-corrected chi connectivity index (χ2v) is 5.43. The van der Waals surface area contributed by atoms with E-state index in [1.807, 2.05) is 12.1 Å².